The number of ketones is 1. The second kappa shape index (κ2) is 4.23. The molecule has 1 fully saturated rings. The van der Waals surface area contributed by atoms with E-state index < -0.39 is 12.1 Å². The fourth-order valence-electron chi connectivity index (χ4n) is 1.32. The van der Waals surface area contributed by atoms with E-state index in [1.54, 1.807) is 6.92 Å². The van der Waals surface area contributed by atoms with Crippen LogP contribution in [0.2, 0.25) is 0 Å². The van der Waals surface area contributed by atoms with E-state index in [2.05, 4.69) is 6.58 Å². The number of nitrogens with zero attached hydrogens (tertiary/aromatic N) is 1. The van der Waals surface area contributed by atoms with E-state index in [-0.39, 0.29) is 25.0 Å². The lowest BCUT2D eigenvalue weighted by molar-refractivity contribution is -0.117. The van der Waals surface area contributed by atoms with Gasteiger partial charge in [-0.2, -0.15) is 0 Å². The van der Waals surface area contributed by atoms with E-state index in [0.717, 1.165) is 0 Å². The van der Waals surface area contributed by atoms with Crippen LogP contribution in [0.15, 0.2) is 12.7 Å². The Morgan fingerprint density at radius 3 is 2.93 bits per heavy atom. The van der Waals surface area contributed by atoms with Gasteiger partial charge in [-0.15, -0.1) is 0 Å². The lowest BCUT2D eigenvalue weighted by Gasteiger charge is -2.20. The molecule has 1 saturated heterocycles. The van der Waals surface area contributed by atoms with E-state index in [0.29, 0.717) is 0 Å². The lowest BCUT2D eigenvalue weighted by Crippen LogP contribution is -2.41. The summed E-state index contributed by atoms with van der Waals surface area (Å²) in [6.45, 7) is 5.33. The molecule has 0 unspecified atom stereocenters. The molecule has 0 aliphatic carbocycles. The minimum absolute atomic E-state index is 0.0400. The number of amides is 1. The van der Waals surface area contributed by atoms with Gasteiger partial charge in [-0.25, -0.2) is 4.79 Å². The molecule has 5 heteroatoms. The Balaban J connectivity index is 2.57. The van der Waals surface area contributed by atoms with Gasteiger partial charge in [0, 0.05) is 0 Å². The fraction of sp³-hybridized carbons (Fsp3) is 0.556. The molecule has 1 amide bonds. The van der Waals surface area contributed by atoms with Crippen molar-refractivity contribution >= 4 is 11.9 Å². The van der Waals surface area contributed by atoms with E-state index in [1.165, 1.54) is 11.0 Å². The molecule has 0 aromatic heterocycles. The molecule has 0 radical (unpaired) electrons. The van der Waals surface area contributed by atoms with Crippen molar-refractivity contribution in [1.29, 1.82) is 0 Å². The topological polar surface area (TPSA) is 72.6 Å². The molecule has 1 aliphatic rings. The largest absolute Gasteiger partial charge is 0.445 e. The predicted molar refractivity (Wildman–Crippen MR) is 50.7 cm³/mol. The first kappa shape index (κ1) is 10.7. The molecule has 0 aromatic carbocycles. The molecule has 0 spiro atoms. The van der Waals surface area contributed by atoms with Crippen molar-refractivity contribution in [2.45, 2.75) is 19.0 Å². The summed E-state index contributed by atoms with van der Waals surface area (Å²) in [7, 11) is 0. The molecule has 2 atom stereocenters. The second-order valence-electron chi connectivity index (χ2n) is 3.23. The van der Waals surface area contributed by atoms with Gasteiger partial charge in [-0.3, -0.25) is 9.69 Å². The maximum absolute atomic E-state index is 11.4. The van der Waals surface area contributed by atoms with Crippen LogP contribution in [-0.4, -0.2) is 42.0 Å². The maximum Gasteiger partial charge on any atom is 0.410 e. The number of carbonyl (C=O) groups is 2. The van der Waals surface area contributed by atoms with Crippen LogP contribution in [0.4, 0.5) is 4.79 Å². The molecule has 0 saturated carbocycles. The summed E-state index contributed by atoms with van der Waals surface area (Å²) in [5.74, 6) is -0.131. The quantitative estimate of drug-likeness (QED) is 0.629. The van der Waals surface area contributed by atoms with Gasteiger partial charge in [-0.05, 0) is 6.92 Å². The molecular formula is C9H14N2O3. The van der Waals surface area contributed by atoms with E-state index in [1.807, 2.05) is 0 Å². The van der Waals surface area contributed by atoms with Crippen molar-refractivity contribution in [1.82, 2.24) is 4.90 Å². The smallest absolute Gasteiger partial charge is 0.410 e. The summed E-state index contributed by atoms with van der Waals surface area (Å²) in [5.41, 5.74) is 5.56. The summed E-state index contributed by atoms with van der Waals surface area (Å²) in [6, 6.07) is -0.883. The van der Waals surface area contributed by atoms with Gasteiger partial charge in [0.05, 0.1) is 18.6 Å². The van der Waals surface area contributed by atoms with Crippen molar-refractivity contribution in [3.05, 3.63) is 12.7 Å². The fourth-order valence-corrected chi connectivity index (χ4v) is 1.32. The van der Waals surface area contributed by atoms with Crippen LogP contribution in [0.25, 0.3) is 0 Å². The summed E-state index contributed by atoms with van der Waals surface area (Å²) in [5, 5.41) is 0. The van der Waals surface area contributed by atoms with Gasteiger partial charge in [0.15, 0.2) is 5.78 Å². The van der Waals surface area contributed by atoms with Crippen LogP contribution < -0.4 is 5.73 Å². The first-order valence-corrected chi connectivity index (χ1v) is 4.40. The van der Waals surface area contributed by atoms with Crippen molar-refractivity contribution < 1.29 is 14.3 Å². The minimum atomic E-state index is -0.591. The van der Waals surface area contributed by atoms with Crippen LogP contribution in [0, 0.1) is 0 Å². The number of nitrogens with two attached hydrogens (primary N) is 1. The number of rotatable bonds is 2. The van der Waals surface area contributed by atoms with E-state index in [9.17, 15) is 9.59 Å². The zero-order valence-corrected chi connectivity index (χ0v) is 8.10. The van der Waals surface area contributed by atoms with Gasteiger partial charge in [0.2, 0.25) is 0 Å². The van der Waals surface area contributed by atoms with Gasteiger partial charge < -0.3 is 10.5 Å². The summed E-state index contributed by atoms with van der Waals surface area (Å²) >= 11 is 0. The molecule has 2 N–H and O–H groups in total. The zero-order chi connectivity index (χ0) is 10.7. The minimum Gasteiger partial charge on any atom is -0.445 e. The molecule has 1 aliphatic heterocycles. The molecule has 0 aromatic rings. The molecular weight excluding hydrogens is 184 g/mol. The van der Waals surface area contributed by atoms with Crippen molar-refractivity contribution in [2.24, 2.45) is 5.73 Å². The molecule has 1 rings (SSSR count). The molecule has 14 heavy (non-hydrogen) atoms. The normalized spacial score (nSPS) is 26.4. The van der Waals surface area contributed by atoms with Crippen LogP contribution in [0.5, 0.6) is 0 Å². The van der Waals surface area contributed by atoms with Gasteiger partial charge >= 0.3 is 6.09 Å². The Hall–Kier alpha value is -1.36. The highest BCUT2D eigenvalue weighted by molar-refractivity contribution is 5.92. The van der Waals surface area contributed by atoms with Gasteiger partial charge in [0.25, 0.3) is 0 Å². The summed E-state index contributed by atoms with van der Waals surface area (Å²) in [6.07, 6.45) is 0.958. The maximum atomic E-state index is 11.4. The Kier molecular flexibility index (Phi) is 3.24. The van der Waals surface area contributed by atoms with Gasteiger partial charge in [-0.1, -0.05) is 12.7 Å². The Labute approximate surface area is 82.5 Å². The molecule has 5 nitrogen and oxygen atoms in total. The Morgan fingerprint density at radius 1 is 1.86 bits per heavy atom. The standard InChI is InChI=1S/C9H14N2O3/c1-3-4-14-9(13)11-5-7(12)8(10)6(11)2/h3,6,8H,1,4-5,10H2,2H3/t6-,8-/m0/s1. The van der Waals surface area contributed by atoms with Crippen molar-refractivity contribution in [2.75, 3.05) is 13.2 Å². The van der Waals surface area contributed by atoms with E-state index >= 15 is 0 Å². The van der Waals surface area contributed by atoms with Crippen LogP contribution >= 0.6 is 0 Å². The van der Waals surface area contributed by atoms with Crippen LogP contribution in [-0.2, 0) is 9.53 Å². The number of likely N-dealkylation sites (tertiary alicyclic amines) is 1. The van der Waals surface area contributed by atoms with Gasteiger partial charge in [0.1, 0.15) is 6.61 Å². The molecule has 78 valence electrons. The Bertz CT molecular complexity index is 265. The van der Waals surface area contributed by atoms with Crippen molar-refractivity contribution in [3.8, 4) is 0 Å². The third kappa shape index (κ3) is 1.93. The SMILES string of the molecule is C=CCOC(=O)N1CC(=O)[C@@H](N)[C@@H]1C. The number of carbonyl (C=O) groups excluding carboxylic acids is 2. The average molecular weight is 198 g/mol. The van der Waals surface area contributed by atoms with Crippen LogP contribution in [0.1, 0.15) is 6.92 Å². The predicted octanol–water partition coefficient (Wildman–Crippen LogP) is -0.0905. The Morgan fingerprint density at radius 2 is 2.50 bits per heavy atom. The number of hydrogen-bond acceptors (Lipinski definition) is 4. The number of Topliss-reactive ketones (excluding diaryl/α,β-unsaturated/α-hetero) is 1. The highest BCUT2D eigenvalue weighted by Crippen LogP contribution is 2.14. The lowest BCUT2D eigenvalue weighted by atomic mass is 10.1. The highest BCUT2D eigenvalue weighted by atomic mass is 16.6. The number of ether oxygens (including phenoxy) is 1. The summed E-state index contributed by atoms with van der Waals surface area (Å²) < 4.78 is 4.80. The third-order valence-corrected chi connectivity index (χ3v) is 2.27. The molecule has 1 heterocycles. The van der Waals surface area contributed by atoms with E-state index in [4.69, 9.17) is 10.5 Å². The second-order valence-corrected chi connectivity index (χ2v) is 3.23. The average Bonchev–Trinajstić information content (AvgIpc) is 2.42. The first-order valence-electron chi connectivity index (χ1n) is 4.40. The van der Waals surface area contributed by atoms with Crippen molar-refractivity contribution in [3.63, 3.8) is 0 Å². The van der Waals surface area contributed by atoms with Crippen LogP contribution in [0.3, 0.4) is 0 Å². The summed E-state index contributed by atoms with van der Waals surface area (Å²) in [4.78, 5) is 23.9. The third-order valence-electron chi connectivity index (χ3n) is 2.27. The first-order chi connectivity index (χ1) is 6.57. The number of hydrogen-bond donors (Lipinski definition) is 1. The molecule has 0 bridgehead atoms. The highest BCUT2D eigenvalue weighted by Gasteiger charge is 2.38. The monoisotopic (exact) mass is 198 g/mol. The zero-order valence-electron chi connectivity index (χ0n) is 8.10.